The van der Waals surface area contributed by atoms with Gasteiger partial charge < -0.3 is 0 Å². The summed E-state index contributed by atoms with van der Waals surface area (Å²) >= 11 is 0. The molecule has 3 nitrogen and oxygen atoms in total. The van der Waals surface area contributed by atoms with Gasteiger partial charge in [0, 0.05) is 11.1 Å². The van der Waals surface area contributed by atoms with Crippen LogP contribution < -0.4 is 14.6 Å². The van der Waals surface area contributed by atoms with Crippen LogP contribution in [0, 0.1) is 0 Å². The topological polar surface area (TPSA) is 23.6 Å². The summed E-state index contributed by atoms with van der Waals surface area (Å²) in [5, 5.41) is 0.806. The van der Waals surface area contributed by atoms with Crippen LogP contribution in [0.15, 0.2) is 127 Å². The molecule has 180 valence electrons. The highest BCUT2D eigenvalue weighted by atomic mass is 31.2. The van der Waals surface area contributed by atoms with Crippen molar-refractivity contribution >= 4 is 35.5 Å². The number of para-hydroxylation sites is 3. The Morgan fingerprint density at radius 3 is 1.81 bits per heavy atom. The largest absolute Gasteiger partial charge is 0.301 e. The fraction of sp³-hybridized carbons (Fsp3) is 0.0909. The SMILES string of the molecule is CC1(C)c2ccccc2-c2cccc(N3c4ccccc4N(c4ccccc4)P3(=O)c3ccccc3)c21. The second-order valence-electron chi connectivity index (χ2n) is 10.2. The molecule has 0 aromatic heterocycles. The molecule has 0 fully saturated rings. The van der Waals surface area contributed by atoms with E-state index in [4.69, 9.17) is 0 Å². The lowest BCUT2D eigenvalue weighted by atomic mass is 9.81. The van der Waals surface area contributed by atoms with E-state index in [1.165, 1.54) is 22.3 Å². The second kappa shape index (κ2) is 7.96. The molecule has 1 aliphatic carbocycles. The molecule has 0 saturated carbocycles. The quantitative estimate of drug-likeness (QED) is 0.232. The van der Waals surface area contributed by atoms with Gasteiger partial charge >= 0.3 is 7.44 Å². The summed E-state index contributed by atoms with van der Waals surface area (Å²) in [7, 11) is -3.39. The molecule has 0 bridgehead atoms. The van der Waals surface area contributed by atoms with Gasteiger partial charge in [-0.3, -0.25) is 13.9 Å². The Labute approximate surface area is 218 Å². The van der Waals surface area contributed by atoms with Crippen molar-refractivity contribution in [1.82, 2.24) is 0 Å². The third kappa shape index (κ3) is 2.98. The van der Waals surface area contributed by atoms with E-state index >= 15 is 4.57 Å². The van der Waals surface area contributed by atoms with Crippen molar-refractivity contribution in [2.45, 2.75) is 19.3 Å². The molecule has 1 aliphatic heterocycles. The van der Waals surface area contributed by atoms with Gasteiger partial charge in [-0.2, -0.15) is 0 Å². The van der Waals surface area contributed by atoms with E-state index in [0.717, 1.165) is 28.1 Å². The number of rotatable bonds is 3. The lowest BCUT2D eigenvalue weighted by molar-refractivity contribution is 0.582. The Hall–Kier alpha value is -4.07. The summed E-state index contributed by atoms with van der Waals surface area (Å²) in [6.07, 6.45) is 0. The fourth-order valence-corrected chi connectivity index (χ4v) is 9.22. The summed E-state index contributed by atoms with van der Waals surface area (Å²) in [4.78, 5) is 0. The van der Waals surface area contributed by atoms with Gasteiger partial charge in [0.25, 0.3) is 0 Å². The Balaban J connectivity index is 1.57. The minimum Gasteiger partial charge on any atom is -0.270 e. The van der Waals surface area contributed by atoms with Crippen LogP contribution in [0.4, 0.5) is 22.7 Å². The standard InChI is InChI=1S/C33H27N2OP/c1-33(2)28-20-10-9-18-26(28)27-19-13-23-31(32(27)33)35-30-22-12-11-21-29(30)34(24-14-5-3-6-15-24)37(35,36)25-16-7-4-8-17-25/h3-23H,1-2H3. The Kier molecular flexibility index (Phi) is 4.77. The van der Waals surface area contributed by atoms with E-state index in [-0.39, 0.29) is 5.41 Å². The summed E-state index contributed by atoms with van der Waals surface area (Å²) in [6, 6.07) is 43.4. The second-order valence-corrected chi connectivity index (χ2v) is 12.6. The smallest absolute Gasteiger partial charge is 0.270 e. The van der Waals surface area contributed by atoms with Gasteiger partial charge in [0.1, 0.15) is 0 Å². The normalized spacial score (nSPS) is 18.9. The van der Waals surface area contributed by atoms with Crippen molar-refractivity contribution in [3.05, 3.63) is 139 Å². The first-order valence-corrected chi connectivity index (χ1v) is 14.3. The lowest BCUT2D eigenvalue weighted by Crippen LogP contribution is -2.28. The molecule has 37 heavy (non-hydrogen) atoms. The van der Waals surface area contributed by atoms with Crippen molar-refractivity contribution in [1.29, 1.82) is 0 Å². The number of hydrogen-bond donors (Lipinski definition) is 0. The fourth-order valence-electron chi connectivity index (χ4n) is 6.19. The highest BCUT2D eigenvalue weighted by molar-refractivity contribution is 7.76. The molecule has 0 radical (unpaired) electrons. The van der Waals surface area contributed by atoms with E-state index < -0.39 is 7.44 Å². The molecule has 0 spiro atoms. The number of nitrogens with zero attached hydrogens (tertiary/aromatic N) is 2. The highest BCUT2D eigenvalue weighted by Gasteiger charge is 2.51. The van der Waals surface area contributed by atoms with Crippen LogP contribution in [-0.4, -0.2) is 0 Å². The molecular formula is C33H27N2OP. The van der Waals surface area contributed by atoms with Gasteiger partial charge in [-0.25, -0.2) is 0 Å². The molecule has 1 atom stereocenters. The van der Waals surface area contributed by atoms with Gasteiger partial charge in [0.05, 0.1) is 22.4 Å². The van der Waals surface area contributed by atoms with Crippen molar-refractivity contribution in [2.75, 3.05) is 9.34 Å². The first-order chi connectivity index (χ1) is 18.0. The molecule has 2 aliphatic rings. The van der Waals surface area contributed by atoms with Gasteiger partial charge in [-0.15, -0.1) is 0 Å². The molecule has 1 heterocycles. The summed E-state index contributed by atoms with van der Waals surface area (Å²) in [5.41, 5.74) is 8.58. The van der Waals surface area contributed by atoms with Crippen molar-refractivity contribution in [2.24, 2.45) is 0 Å². The molecular weight excluding hydrogens is 471 g/mol. The van der Waals surface area contributed by atoms with Gasteiger partial charge in [-0.05, 0) is 64.7 Å². The van der Waals surface area contributed by atoms with Crippen molar-refractivity contribution in [3.8, 4) is 11.1 Å². The van der Waals surface area contributed by atoms with E-state index in [1.54, 1.807) is 0 Å². The van der Waals surface area contributed by atoms with Crippen LogP contribution in [0.1, 0.15) is 25.0 Å². The third-order valence-electron chi connectivity index (χ3n) is 7.76. The van der Waals surface area contributed by atoms with Crippen molar-refractivity contribution in [3.63, 3.8) is 0 Å². The maximum atomic E-state index is 15.9. The number of hydrogen-bond acceptors (Lipinski definition) is 1. The minimum absolute atomic E-state index is 0.237. The van der Waals surface area contributed by atoms with Gasteiger partial charge in [0.15, 0.2) is 0 Å². The van der Waals surface area contributed by atoms with E-state index in [2.05, 4.69) is 77.8 Å². The first kappa shape index (κ1) is 22.2. The number of fused-ring (bicyclic) bond motifs is 4. The molecule has 5 aromatic rings. The molecule has 0 N–H and O–H groups in total. The minimum atomic E-state index is -3.39. The maximum absolute atomic E-state index is 15.9. The number of anilines is 4. The highest BCUT2D eigenvalue weighted by Crippen LogP contribution is 2.71. The average Bonchev–Trinajstić information content (AvgIpc) is 3.35. The van der Waals surface area contributed by atoms with Crippen LogP contribution in [0.2, 0.25) is 0 Å². The first-order valence-electron chi connectivity index (χ1n) is 12.7. The molecule has 1 unspecified atom stereocenters. The summed E-state index contributed by atoms with van der Waals surface area (Å²) in [5.74, 6) is 0. The lowest BCUT2D eigenvalue weighted by Gasteiger charge is -2.36. The zero-order valence-electron chi connectivity index (χ0n) is 20.9. The summed E-state index contributed by atoms with van der Waals surface area (Å²) in [6.45, 7) is 4.57. The van der Waals surface area contributed by atoms with Crippen LogP contribution in [0.5, 0.6) is 0 Å². The number of benzene rings is 5. The predicted molar refractivity (Wildman–Crippen MR) is 155 cm³/mol. The molecule has 4 heteroatoms. The molecule has 7 rings (SSSR count). The molecule has 5 aromatic carbocycles. The average molecular weight is 499 g/mol. The van der Waals surface area contributed by atoms with E-state index in [9.17, 15) is 0 Å². The van der Waals surface area contributed by atoms with E-state index in [0.29, 0.717) is 0 Å². The van der Waals surface area contributed by atoms with E-state index in [1.807, 2.05) is 72.8 Å². The monoisotopic (exact) mass is 498 g/mol. The maximum Gasteiger partial charge on any atom is 0.301 e. The molecule has 0 saturated heterocycles. The summed E-state index contributed by atoms with van der Waals surface area (Å²) < 4.78 is 20.1. The zero-order chi connectivity index (χ0) is 25.2. The third-order valence-corrected chi connectivity index (χ3v) is 10.7. The van der Waals surface area contributed by atoms with Crippen LogP contribution in [-0.2, 0) is 9.98 Å². The molecule has 0 amide bonds. The van der Waals surface area contributed by atoms with Crippen molar-refractivity contribution < 1.29 is 4.57 Å². The predicted octanol–water partition coefficient (Wildman–Crippen LogP) is 8.80. The Morgan fingerprint density at radius 1 is 0.541 bits per heavy atom. The van der Waals surface area contributed by atoms with Gasteiger partial charge in [-0.1, -0.05) is 98.8 Å². The van der Waals surface area contributed by atoms with Gasteiger partial charge in [0.2, 0.25) is 0 Å². The Bertz CT molecular complexity index is 1690. The van der Waals surface area contributed by atoms with Crippen LogP contribution in [0.3, 0.4) is 0 Å². The Morgan fingerprint density at radius 2 is 1.08 bits per heavy atom. The zero-order valence-corrected chi connectivity index (χ0v) is 21.8. The van der Waals surface area contributed by atoms with Crippen LogP contribution >= 0.6 is 7.44 Å². The van der Waals surface area contributed by atoms with Crippen LogP contribution in [0.25, 0.3) is 11.1 Å².